The number of nitrogens with two attached hydrogens (primary N) is 1. The Hall–Kier alpha value is -4.74. The number of amides is 3. The minimum absolute atomic E-state index is 0.242. The second-order valence-electron chi connectivity index (χ2n) is 8.04. The summed E-state index contributed by atoms with van der Waals surface area (Å²) in [5.41, 5.74) is 8.21. The van der Waals surface area contributed by atoms with E-state index in [-0.39, 0.29) is 11.7 Å². The first kappa shape index (κ1) is 22.1. The van der Waals surface area contributed by atoms with Crippen LogP contribution in [0.3, 0.4) is 0 Å². The third-order valence-corrected chi connectivity index (χ3v) is 5.99. The molecule has 0 bridgehead atoms. The molecule has 1 aromatic carbocycles. The molecule has 0 aliphatic carbocycles. The Morgan fingerprint density at radius 2 is 1.89 bits per heavy atom. The molecule has 1 aliphatic heterocycles. The fraction of sp³-hybridized carbons (Fsp3) is 0.217. The van der Waals surface area contributed by atoms with Crippen LogP contribution in [0.2, 0.25) is 0 Å². The topological polar surface area (TPSA) is 137 Å². The molecule has 3 aromatic heterocycles. The average Bonchev–Trinajstić information content (AvgIpc) is 3.58. The van der Waals surface area contributed by atoms with Crippen molar-refractivity contribution in [3.8, 4) is 11.4 Å². The van der Waals surface area contributed by atoms with Crippen molar-refractivity contribution in [3.63, 3.8) is 0 Å². The summed E-state index contributed by atoms with van der Waals surface area (Å²) in [6, 6.07) is 8.27. The molecule has 12 heteroatoms. The summed E-state index contributed by atoms with van der Waals surface area (Å²) in [5.74, 6) is -0.00993. The number of pyridine rings is 1. The molecule has 1 saturated heterocycles. The Balaban J connectivity index is 1.48. The molecule has 0 saturated carbocycles. The van der Waals surface area contributed by atoms with Gasteiger partial charge in [0.25, 0.3) is 0 Å². The van der Waals surface area contributed by atoms with Gasteiger partial charge in [-0.05, 0) is 30.7 Å². The molecule has 2 N–H and O–H groups in total. The minimum Gasteiger partial charge on any atom is -0.366 e. The second kappa shape index (κ2) is 8.56. The molecular weight excluding hydrogens is 450 g/mol. The van der Waals surface area contributed by atoms with E-state index in [9.17, 15) is 14.4 Å². The molecule has 178 valence electrons. The van der Waals surface area contributed by atoms with Crippen LogP contribution in [0, 0.1) is 0 Å². The summed E-state index contributed by atoms with van der Waals surface area (Å²) in [5, 5.41) is 8.41. The Morgan fingerprint density at radius 3 is 2.60 bits per heavy atom. The molecule has 12 nitrogen and oxygen atoms in total. The van der Waals surface area contributed by atoms with Crippen LogP contribution in [0.5, 0.6) is 0 Å². The number of urea groups is 1. The van der Waals surface area contributed by atoms with Gasteiger partial charge in [0.15, 0.2) is 0 Å². The van der Waals surface area contributed by atoms with Crippen molar-refractivity contribution in [2.45, 2.75) is 13.3 Å². The summed E-state index contributed by atoms with van der Waals surface area (Å²) in [6.07, 6.45) is 6.98. The van der Waals surface area contributed by atoms with Gasteiger partial charge in [-0.1, -0.05) is 13.0 Å². The maximum absolute atomic E-state index is 13.4. The van der Waals surface area contributed by atoms with Gasteiger partial charge in [-0.25, -0.2) is 28.5 Å². The number of aryl methyl sites for hydroxylation is 1. The Bertz CT molecular complexity index is 1500. The van der Waals surface area contributed by atoms with Crippen LogP contribution in [0.4, 0.5) is 16.3 Å². The van der Waals surface area contributed by atoms with Gasteiger partial charge in [0.05, 0.1) is 23.8 Å². The van der Waals surface area contributed by atoms with Crippen LogP contribution >= 0.6 is 0 Å². The quantitative estimate of drug-likeness (QED) is 0.448. The number of carbonyl (C=O) groups excluding carboxylic acids is 2. The van der Waals surface area contributed by atoms with Gasteiger partial charge < -0.3 is 5.73 Å². The van der Waals surface area contributed by atoms with Crippen molar-refractivity contribution in [3.05, 3.63) is 76.9 Å². The SMILES string of the molecule is CCc1c(-n2cc(-n3cnn(C)c3=O)cn2)ccnc1N1CCN(c2cccc(C(N)=O)c2)C1=O. The first-order chi connectivity index (χ1) is 16.9. The molecule has 1 fully saturated rings. The molecule has 1 aliphatic rings. The summed E-state index contributed by atoms with van der Waals surface area (Å²) in [7, 11) is 1.58. The molecule has 3 amide bonds. The first-order valence-corrected chi connectivity index (χ1v) is 11.0. The smallest absolute Gasteiger partial charge is 0.350 e. The summed E-state index contributed by atoms with van der Waals surface area (Å²) in [6.45, 7) is 2.85. The molecule has 4 aromatic rings. The molecule has 0 unspecified atom stereocenters. The fourth-order valence-electron chi connectivity index (χ4n) is 4.19. The zero-order valence-corrected chi connectivity index (χ0v) is 19.2. The molecule has 0 spiro atoms. The normalized spacial score (nSPS) is 13.6. The van der Waals surface area contributed by atoms with Crippen LogP contribution < -0.4 is 21.2 Å². The van der Waals surface area contributed by atoms with Crippen molar-refractivity contribution >= 4 is 23.4 Å². The Morgan fingerprint density at radius 1 is 1.09 bits per heavy atom. The highest BCUT2D eigenvalue weighted by atomic mass is 16.2. The van der Waals surface area contributed by atoms with E-state index in [1.807, 2.05) is 13.0 Å². The lowest BCUT2D eigenvalue weighted by atomic mass is 10.1. The van der Waals surface area contributed by atoms with E-state index in [4.69, 9.17) is 5.73 Å². The van der Waals surface area contributed by atoms with Crippen LogP contribution in [0.15, 0.2) is 60.0 Å². The van der Waals surface area contributed by atoms with Gasteiger partial charge >= 0.3 is 11.7 Å². The zero-order chi connectivity index (χ0) is 24.7. The number of aromatic nitrogens is 6. The molecule has 4 heterocycles. The lowest BCUT2D eigenvalue weighted by molar-refractivity contribution is 0.1000. The number of carbonyl (C=O) groups is 2. The van der Waals surface area contributed by atoms with Gasteiger partial charge in [0, 0.05) is 43.1 Å². The molecular formula is C23H23N9O3. The van der Waals surface area contributed by atoms with E-state index >= 15 is 0 Å². The Kier molecular flexibility index (Phi) is 5.40. The largest absolute Gasteiger partial charge is 0.366 e. The van der Waals surface area contributed by atoms with E-state index in [1.165, 1.54) is 15.6 Å². The van der Waals surface area contributed by atoms with Crippen LogP contribution in [0.25, 0.3) is 11.4 Å². The number of hydrogen-bond donors (Lipinski definition) is 1. The van der Waals surface area contributed by atoms with E-state index in [0.717, 1.165) is 11.3 Å². The monoisotopic (exact) mass is 473 g/mol. The minimum atomic E-state index is -0.551. The van der Waals surface area contributed by atoms with Crippen LogP contribution in [-0.4, -0.2) is 54.1 Å². The summed E-state index contributed by atoms with van der Waals surface area (Å²) >= 11 is 0. The van der Waals surface area contributed by atoms with Crippen molar-refractivity contribution in [1.82, 2.24) is 29.1 Å². The van der Waals surface area contributed by atoms with E-state index < -0.39 is 5.91 Å². The molecule has 0 radical (unpaired) electrons. The van der Waals surface area contributed by atoms with Crippen LogP contribution in [0.1, 0.15) is 22.8 Å². The van der Waals surface area contributed by atoms with Crippen molar-refractivity contribution < 1.29 is 9.59 Å². The van der Waals surface area contributed by atoms with E-state index in [1.54, 1.807) is 64.4 Å². The first-order valence-electron chi connectivity index (χ1n) is 11.0. The fourth-order valence-corrected chi connectivity index (χ4v) is 4.19. The number of nitrogens with zero attached hydrogens (tertiary/aromatic N) is 8. The average molecular weight is 473 g/mol. The lowest BCUT2D eigenvalue weighted by Crippen LogP contribution is -2.33. The van der Waals surface area contributed by atoms with Crippen LogP contribution in [-0.2, 0) is 13.5 Å². The molecule has 0 atom stereocenters. The van der Waals surface area contributed by atoms with Gasteiger partial charge in [-0.2, -0.15) is 10.2 Å². The highest BCUT2D eigenvalue weighted by Gasteiger charge is 2.33. The highest BCUT2D eigenvalue weighted by Crippen LogP contribution is 2.30. The van der Waals surface area contributed by atoms with Gasteiger partial charge in [0.1, 0.15) is 12.1 Å². The predicted octanol–water partition coefficient (Wildman–Crippen LogP) is 1.26. The zero-order valence-electron chi connectivity index (χ0n) is 19.2. The maximum Gasteiger partial charge on any atom is 0.350 e. The van der Waals surface area contributed by atoms with Crippen molar-refractivity contribution in [2.24, 2.45) is 12.8 Å². The summed E-state index contributed by atoms with van der Waals surface area (Å²) in [4.78, 5) is 44.9. The number of hydrogen-bond acceptors (Lipinski definition) is 6. The van der Waals surface area contributed by atoms with E-state index in [2.05, 4.69) is 15.2 Å². The number of rotatable bonds is 6. The predicted molar refractivity (Wildman–Crippen MR) is 128 cm³/mol. The number of anilines is 2. The standard InChI is InChI=1S/C23H23N9O3/c1-3-18-19(32-13-17(12-26-32)31-14-27-28(2)22(31)34)7-8-25-21(18)30-10-9-29(23(30)35)16-6-4-5-15(11-16)20(24)33/h4-8,11-14H,3,9-10H2,1-2H3,(H2,24,33). The number of primary amides is 1. The van der Waals surface area contributed by atoms with Gasteiger partial charge in [-0.15, -0.1) is 0 Å². The maximum atomic E-state index is 13.4. The lowest BCUT2D eigenvalue weighted by Gasteiger charge is -2.21. The third kappa shape index (κ3) is 3.74. The molecule has 35 heavy (non-hydrogen) atoms. The van der Waals surface area contributed by atoms with E-state index in [0.29, 0.717) is 42.3 Å². The van der Waals surface area contributed by atoms with Gasteiger partial charge in [0.2, 0.25) is 5.91 Å². The third-order valence-electron chi connectivity index (χ3n) is 5.99. The molecule has 5 rings (SSSR count). The number of benzene rings is 1. The second-order valence-corrected chi connectivity index (χ2v) is 8.04. The highest BCUT2D eigenvalue weighted by molar-refractivity contribution is 6.06. The Labute approximate surface area is 199 Å². The van der Waals surface area contributed by atoms with Crippen molar-refractivity contribution in [1.29, 1.82) is 0 Å². The van der Waals surface area contributed by atoms with Crippen molar-refractivity contribution in [2.75, 3.05) is 22.9 Å². The summed E-state index contributed by atoms with van der Waals surface area (Å²) < 4.78 is 4.30. The van der Waals surface area contributed by atoms with Gasteiger partial charge in [-0.3, -0.25) is 14.6 Å².